The number of furan rings is 1. The highest BCUT2D eigenvalue weighted by atomic mass is 16.5. The smallest absolute Gasteiger partial charge is 0.337 e. The number of nitrogens with zero attached hydrogens (tertiary/aromatic N) is 3. The summed E-state index contributed by atoms with van der Waals surface area (Å²) in [6, 6.07) is 22.4. The van der Waals surface area contributed by atoms with Gasteiger partial charge in [-0.2, -0.15) is 5.26 Å². The molecule has 0 unspecified atom stereocenters. The maximum absolute atomic E-state index is 12.9. The second-order valence-electron chi connectivity index (χ2n) is 7.56. The predicted octanol–water partition coefficient (Wildman–Crippen LogP) is 3.99. The van der Waals surface area contributed by atoms with Gasteiger partial charge in [0.25, 0.3) is 5.91 Å². The lowest BCUT2D eigenvalue weighted by molar-refractivity contribution is -0.126. The van der Waals surface area contributed by atoms with Crippen LogP contribution in [0.15, 0.2) is 76.7 Å². The number of hydrogen-bond acceptors (Lipinski definition) is 6. The van der Waals surface area contributed by atoms with Gasteiger partial charge in [0, 0.05) is 43.5 Å². The van der Waals surface area contributed by atoms with Gasteiger partial charge in [-0.25, -0.2) is 4.79 Å². The summed E-state index contributed by atoms with van der Waals surface area (Å²) in [5.74, 6) is 0.269. The molecule has 0 bridgehead atoms. The summed E-state index contributed by atoms with van der Waals surface area (Å²) in [5, 5.41) is 9.59. The highest BCUT2D eigenvalue weighted by Crippen LogP contribution is 2.24. The fourth-order valence-corrected chi connectivity index (χ4v) is 3.73. The van der Waals surface area contributed by atoms with E-state index in [1.807, 2.05) is 24.3 Å². The number of esters is 1. The Bertz CT molecular complexity index is 1200. The van der Waals surface area contributed by atoms with Gasteiger partial charge in [-0.1, -0.05) is 30.3 Å². The molecule has 166 valence electrons. The Hall–Kier alpha value is -4.31. The highest BCUT2D eigenvalue weighted by Gasteiger charge is 2.24. The molecule has 0 N–H and O–H groups in total. The van der Waals surface area contributed by atoms with Crippen LogP contribution in [0.25, 0.3) is 17.4 Å². The van der Waals surface area contributed by atoms with Crippen LogP contribution in [-0.2, 0) is 9.53 Å². The van der Waals surface area contributed by atoms with Crippen LogP contribution in [0.2, 0.25) is 0 Å². The van der Waals surface area contributed by atoms with Crippen molar-refractivity contribution in [3.63, 3.8) is 0 Å². The Kier molecular flexibility index (Phi) is 6.56. The minimum Gasteiger partial charge on any atom is -0.465 e. The molecule has 33 heavy (non-hydrogen) atoms. The van der Waals surface area contributed by atoms with Gasteiger partial charge in [-0.05, 0) is 36.4 Å². The van der Waals surface area contributed by atoms with Crippen molar-refractivity contribution in [1.29, 1.82) is 5.26 Å². The van der Waals surface area contributed by atoms with E-state index in [-0.39, 0.29) is 11.5 Å². The number of ether oxygens (including phenoxy) is 1. The van der Waals surface area contributed by atoms with Crippen molar-refractivity contribution in [2.75, 3.05) is 38.2 Å². The lowest BCUT2D eigenvalue weighted by Gasteiger charge is -2.36. The van der Waals surface area contributed by atoms with Crippen LogP contribution in [0.4, 0.5) is 5.69 Å². The first kappa shape index (κ1) is 21.9. The third-order valence-corrected chi connectivity index (χ3v) is 5.54. The number of amides is 1. The average Bonchev–Trinajstić information content (AvgIpc) is 3.36. The topological polar surface area (TPSA) is 86.8 Å². The van der Waals surface area contributed by atoms with Gasteiger partial charge >= 0.3 is 5.97 Å². The maximum atomic E-state index is 12.9. The highest BCUT2D eigenvalue weighted by molar-refractivity contribution is 6.01. The summed E-state index contributed by atoms with van der Waals surface area (Å²) < 4.78 is 10.5. The molecule has 1 aromatic heterocycles. The van der Waals surface area contributed by atoms with Crippen LogP contribution in [0.3, 0.4) is 0 Å². The molecule has 0 atom stereocenters. The van der Waals surface area contributed by atoms with Gasteiger partial charge in [0.15, 0.2) is 0 Å². The Labute approximate surface area is 192 Å². The molecule has 2 aromatic carbocycles. The van der Waals surface area contributed by atoms with E-state index in [1.165, 1.54) is 13.2 Å². The number of benzene rings is 2. The van der Waals surface area contributed by atoms with Crippen molar-refractivity contribution >= 4 is 23.6 Å². The minimum absolute atomic E-state index is 0.0325. The lowest BCUT2D eigenvalue weighted by atomic mass is 10.1. The molecule has 1 aliphatic heterocycles. The third kappa shape index (κ3) is 4.96. The molecule has 7 nitrogen and oxygen atoms in total. The number of hydrogen-bond donors (Lipinski definition) is 0. The summed E-state index contributed by atoms with van der Waals surface area (Å²) in [6.07, 6.45) is 1.47. The first-order valence-electron chi connectivity index (χ1n) is 10.6. The zero-order valence-electron chi connectivity index (χ0n) is 18.2. The van der Waals surface area contributed by atoms with Crippen LogP contribution in [0.5, 0.6) is 0 Å². The molecular formula is C26H23N3O4. The molecule has 1 aliphatic rings. The normalized spacial score (nSPS) is 14.0. The van der Waals surface area contributed by atoms with Crippen LogP contribution in [0, 0.1) is 11.3 Å². The summed E-state index contributed by atoms with van der Waals surface area (Å²) in [5.41, 5.74) is 2.37. The molecule has 0 aliphatic carbocycles. The summed E-state index contributed by atoms with van der Waals surface area (Å²) in [6.45, 7) is 2.51. The van der Waals surface area contributed by atoms with Crippen molar-refractivity contribution in [3.8, 4) is 17.4 Å². The number of carbonyl (C=O) groups excluding carboxylic acids is 2. The zero-order valence-corrected chi connectivity index (χ0v) is 18.2. The summed E-state index contributed by atoms with van der Waals surface area (Å²) in [4.78, 5) is 28.4. The van der Waals surface area contributed by atoms with Gasteiger partial charge in [-0.3, -0.25) is 4.79 Å². The molecule has 0 radical (unpaired) electrons. The quantitative estimate of drug-likeness (QED) is 0.338. The number of nitriles is 1. The molecule has 0 spiro atoms. The van der Waals surface area contributed by atoms with Gasteiger partial charge in [0.05, 0.1) is 12.7 Å². The van der Waals surface area contributed by atoms with Gasteiger partial charge in [-0.15, -0.1) is 0 Å². The van der Waals surface area contributed by atoms with E-state index in [0.717, 1.165) is 11.3 Å². The number of carbonyl (C=O) groups is 2. The molecule has 3 aromatic rings. The Morgan fingerprint density at radius 1 is 0.970 bits per heavy atom. The molecular weight excluding hydrogens is 418 g/mol. The van der Waals surface area contributed by atoms with Crippen LogP contribution in [0.1, 0.15) is 16.1 Å². The van der Waals surface area contributed by atoms with E-state index in [4.69, 9.17) is 9.15 Å². The molecule has 7 heteroatoms. The molecule has 2 heterocycles. The van der Waals surface area contributed by atoms with E-state index in [2.05, 4.69) is 17.0 Å². The van der Waals surface area contributed by atoms with Gasteiger partial charge < -0.3 is 19.0 Å². The van der Waals surface area contributed by atoms with Crippen LogP contribution < -0.4 is 4.90 Å². The van der Waals surface area contributed by atoms with E-state index in [1.54, 1.807) is 41.3 Å². The molecule has 4 rings (SSSR count). The van der Waals surface area contributed by atoms with Crippen molar-refractivity contribution in [2.45, 2.75) is 0 Å². The Morgan fingerprint density at radius 2 is 1.67 bits per heavy atom. The molecule has 1 amide bonds. The number of para-hydroxylation sites is 1. The molecule has 1 saturated heterocycles. The second-order valence-corrected chi connectivity index (χ2v) is 7.56. The molecule has 0 saturated carbocycles. The fourth-order valence-electron chi connectivity index (χ4n) is 3.73. The largest absolute Gasteiger partial charge is 0.465 e. The third-order valence-electron chi connectivity index (χ3n) is 5.54. The second kappa shape index (κ2) is 9.88. The fraction of sp³-hybridized carbons (Fsp3) is 0.192. The zero-order chi connectivity index (χ0) is 23.2. The van der Waals surface area contributed by atoms with Crippen molar-refractivity contribution in [3.05, 3.63) is 83.6 Å². The van der Waals surface area contributed by atoms with Crippen molar-refractivity contribution in [1.82, 2.24) is 4.90 Å². The van der Waals surface area contributed by atoms with E-state index in [0.29, 0.717) is 43.3 Å². The first-order chi connectivity index (χ1) is 16.1. The summed E-state index contributed by atoms with van der Waals surface area (Å²) >= 11 is 0. The number of rotatable bonds is 5. The lowest BCUT2D eigenvalue weighted by Crippen LogP contribution is -2.49. The standard InChI is InChI=1S/C26H23N3O4/c1-32-26(31)20-9-7-19(8-10-20)24-12-11-23(33-24)17-21(18-27)25(30)29-15-13-28(14-16-29)22-5-3-2-4-6-22/h2-12,17H,13-16H2,1H3/b21-17+. The monoisotopic (exact) mass is 441 g/mol. The number of anilines is 1. The average molecular weight is 441 g/mol. The van der Waals surface area contributed by atoms with Gasteiger partial charge in [0.2, 0.25) is 0 Å². The Morgan fingerprint density at radius 3 is 2.30 bits per heavy atom. The number of methoxy groups -OCH3 is 1. The maximum Gasteiger partial charge on any atom is 0.337 e. The van der Waals surface area contributed by atoms with Crippen LogP contribution in [-0.4, -0.2) is 50.1 Å². The van der Waals surface area contributed by atoms with E-state index < -0.39 is 5.97 Å². The van der Waals surface area contributed by atoms with Crippen molar-refractivity contribution in [2.24, 2.45) is 0 Å². The minimum atomic E-state index is -0.411. The van der Waals surface area contributed by atoms with E-state index in [9.17, 15) is 14.9 Å². The predicted molar refractivity (Wildman–Crippen MR) is 124 cm³/mol. The number of piperazine rings is 1. The van der Waals surface area contributed by atoms with Crippen molar-refractivity contribution < 1.29 is 18.7 Å². The first-order valence-corrected chi connectivity index (χ1v) is 10.6. The SMILES string of the molecule is COC(=O)c1ccc(-c2ccc(/C=C(\C#N)C(=O)N3CCN(c4ccccc4)CC3)o2)cc1. The summed E-state index contributed by atoms with van der Waals surface area (Å²) in [7, 11) is 1.33. The molecule has 1 fully saturated rings. The van der Waals surface area contributed by atoms with Gasteiger partial charge in [0.1, 0.15) is 23.2 Å². The van der Waals surface area contributed by atoms with E-state index >= 15 is 0 Å². The Balaban J connectivity index is 1.43. The van der Waals surface area contributed by atoms with Crippen LogP contribution >= 0.6 is 0 Å².